The van der Waals surface area contributed by atoms with Gasteiger partial charge in [-0.2, -0.15) is 5.10 Å². The van der Waals surface area contributed by atoms with E-state index in [1.165, 1.54) is 35.6 Å². The van der Waals surface area contributed by atoms with Gasteiger partial charge in [0.25, 0.3) is 5.91 Å². The Bertz CT molecular complexity index is 1000. The minimum atomic E-state index is -0.589. The highest BCUT2D eigenvalue weighted by Crippen LogP contribution is 2.28. The lowest BCUT2D eigenvalue weighted by atomic mass is 10.2. The van der Waals surface area contributed by atoms with Crippen LogP contribution in [0, 0.1) is 5.82 Å². The van der Waals surface area contributed by atoms with Gasteiger partial charge in [-0.15, -0.1) is 11.3 Å². The molecule has 0 aliphatic carbocycles. The van der Waals surface area contributed by atoms with Gasteiger partial charge in [0.2, 0.25) is 5.91 Å². The fourth-order valence-corrected chi connectivity index (χ4v) is 3.69. The molecule has 7 nitrogen and oxygen atoms in total. The van der Waals surface area contributed by atoms with Crippen LogP contribution in [0.4, 0.5) is 10.2 Å². The molecule has 1 aliphatic heterocycles. The molecule has 144 valence electrons. The molecule has 1 saturated heterocycles. The van der Waals surface area contributed by atoms with Crippen LogP contribution in [0.3, 0.4) is 0 Å². The third-order valence-electron chi connectivity index (χ3n) is 4.33. The lowest BCUT2D eigenvalue weighted by Gasteiger charge is -2.30. The summed E-state index contributed by atoms with van der Waals surface area (Å²) in [5, 5.41) is 15.4. The summed E-state index contributed by atoms with van der Waals surface area (Å²) >= 11 is 1.52. The molecule has 0 spiro atoms. The largest absolute Gasteiger partial charge is 0.322 e. The molecule has 0 radical (unpaired) electrons. The summed E-state index contributed by atoms with van der Waals surface area (Å²) in [5.74, 6) is -0.483. The summed E-state index contributed by atoms with van der Waals surface area (Å²) in [7, 11) is 0. The minimum absolute atomic E-state index is 0.0335. The first-order valence-electron chi connectivity index (χ1n) is 8.75. The van der Waals surface area contributed by atoms with Crippen LogP contribution in [-0.4, -0.2) is 27.6 Å². The van der Waals surface area contributed by atoms with Crippen molar-refractivity contribution < 1.29 is 14.0 Å². The molecular formula is C19H18FN5O2S. The molecule has 3 heterocycles. The van der Waals surface area contributed by atoms with Crippen molar-refractivity contribution in [1.29, 1.82) is 0 Å². The molecule has 1 fully saturated rings. The SMILES string of the molecule is CC1CC(=O)NC(n2nc(-c3cccs3)cc2NC(=O)c2ccc(F)cc2)N1. The van der Waals surface area contributed by atoms with Crippen LogP contribution in [0.2, 0.25) is 0 Å². The van der Waals surface area contributed by atoms with Crippen molar-refractivity contribution in [1.82, 2.24) is 20.4 Å². The number of amides is 2. The van der Waals surface area contributed by atoms with Gasteiger partial charge in [-0.1, -0.05) is 6.07 Å². The molecule has 2 amide bonds. The molecule has 1 aliphatic rings. The predicted octanol–water partition coefficient (Wildman–Crippen LogP) is 2.96. The second-order valence-corrected chi connectivity index (χ2v) is 7.49. The van der Waals surface area contributed by atoms with Crippen molar-refractivity contribution in [3.63, 3.8) is 0 Å². The number of carbonyl (C=O) groups excluding carboxylic acids is 2. The standard InChI is InChI=1S/C19H18FN5O2S/c1-11-9-17(26)23-19(21-11)25-16(10-14(24-25)15-3-2-8-28-15)22-18(27)12-4-6-13(20)7-5-12/h2-8,10-11,19,21H,9H2,1H3,(H,22,27)(H,23,26). The molecule has 0 saturated carbocycles. The van der Waals surface area contributed by atoms with E-state index in [-0.39, 0.29) is 11.9 Å². The van der Waals surface area contributed by atoms with E-state index in [1.54, 1.807) is 10.7 Å². The van der Waals surface area contributed by atoms with Crippen LogP contribution in [0.1, 0.15) is 30.0 Å². The van der Waals surface area contributed by atoms with Crippen molar-refractivity contribution in [2.45, 2.75) is 25.7 Å². The van der Waals surface area contributed by atoms with Crippen molar-refractivity contribution in [2.75, 3.05) is 5.32 Å². The smallest absolute Gasteiger partial charge is 0.256 e. The lowest BCUT2D eigenvalue weighted by molar-refractivity contribution is -0.125. The van der Waals surface area contributed by atoms with Gasteiger partial charge >= 0.3 is 0 Å². The number of benzene rings is 1. The van der Waals surface area contributed by atoms with E-state index in [2.05, 4.69) is 21.0 Å². The van der Waals surface area contributed by atoms with Gasteiger partial charge in [-0.3, -0.25) is 14.9 Å². The molecule has 9 heteroatoms. The molecule has 3 aromatic rings. The van der Waals surface area contributed by atoms with Gasteiger partial charge < -0.3 is 10.6 Å². The number of thiophene rings is 1. The molecule has 2 unspecified atom stereocenters. The number of halogens is 1. The summed E-state index contributed by atoms with van der Waals surface area (Å²) in [6, 6.07) is 10.8. The van der Waals surface area contributed by atoms with E-state index < -0.39 is 18.0 Å². The highest BCUT2D eigenvalue weighted by Gasteiger charge is 2.27. The Morgan fingerprint density at radius 3 is 2.79 bits per heavy atom. The van der Waals surface area contributed by atoms with Crippen molar-refractivity contribution >= 4 is 29.0 Å². The number of nitrogens with one attached hydrogen (secondary N) is 3. The van der Waals surface area contributed by atoms with Crippen molar-refractivity contribution in [3.05, 3.63) is 59.2 Å². The lowest BCUT2D eigenvalue weighted by Crippen LogP contribution is -2.52. The summed E-state index contributed by atoms with van der Waals surface area (Å²) in [4.78, 5) is 25.5. The first kappa shape index (κ1) is 18.3. The van der Waals surface area contributed by atoms with Gasteiger partial charge in [-0.25, -0.2) is 9.07 Å². The summed E-state index contributed by atoms with van der Waals surface area (Å²) in [5.41, 5.74) is 1.000. The highest BCUT2D eigenvalue weighted by atomic mass is 32.1. The van der Waals surface area contributed by atoms with Crippen LogP contribution in [0.5, 0.6) is 0 Å². The third kappa shape index (κ3) is 3.80. The minimum Gasteiger partial charge on any atom is -0.322 e. The number of aromatic nitrogens is 2. The number of carbonyl (C=O) groups is 2. The number of rotatable bonds is 4. The Morgan fingerprint density at radius 1 is 1.32 bits per heavy atom. The van der Waals surface area contributed by atoms with E-state index in [0.29, 0.717) is 23.5 Å². The first-order valence-corrected chi connectivity index (χ1v) is 9.63. The molecular weight excluding hydrogens is 381 g/mol. The Morgan fingerprint density at radius 2 is 2.11 bits per heavy atom. The molecule has 1 aromatic carbocycles. The molecule has 2 atom stereocenters. The van der Waals surface area contributed by atoms with Crippen LogP contribution >= 0.6 is 11.3 Å². The van der Waals surface area contributed by atoms with E-state index in [4.69, 9.17) is 0 Å². The van der Waals surface area contributed by atoms with E-state index in [1.807, 2.05) is 24.4 Å². The third-order valence-corrected chi connectivity index (χ3v) is 5.23. The van der Waals surface area contributed by atoms with Crippen LogP contribution in [0.15, 0.2) is 47.8 Å². The quantitative estimate of drug-likeness (QED) is 0.629. The second-order valence-electron chi connectivity index (χ2n) is 6.54. The normalized spacial score (nSPS) is 19.3. The second kappa shape index (κ2) is 7.53. The topological polar surface area (TPSA) is 88.1 Å². The van der Waals surface area contributed by atoms with E-state index >= 15 is 0 Å². The highest BCUT2D eigenvalue weighted by molar-refractivity contribution is 7.13. The molecule has 4 rings (SSSR count). The first-order chi connectivity index (χ1) is 13.5. The molecule has 2 aromatic heterocycles. The number of hydrogen-bond acceptors (Lipinski definition) is 5. The predicted molar refractivity (Wildman–Crippen MR) is 104 cm³/mol. The molecule has 28 heavy (non-hydrogen) atoms. The summed E-state index contributed by atoms with van der Waals surface area (Å²) in [6.45, 7) is 1.91. The Hall–Kier alpha value is -3.04. The van der Waals surface area contributed by atoms with Gasteiger partial charge in [0.05, 0.1) is 4.88 Å². The number of hydrogen-bond donors (Lipinski definition) is 3. The zero-order valence-corrected chi connectivity index (χ0v) is 15.8. The van der Waals surface area contributed by atoms with Gasteiger partial charge in [0.1, 0.15) is 17.3 Å². The Labute approximate surface area is 164 Å². The van der Waals surface area contributed by atoms with Gasteiger partial charge in [0, 0.05) is 24.1 Å². The average molecular weight is 399 g/mol. The number of anilines is 1. The van der Waals surface area contributed by atoms with Crippen molar-refractivity contribution in [2.24, 2.45) is 0 Å². The van der Waals surface area contributed by atoms with Crippen LogP contribution in [0.25, 0.3) is 10.6 Å². The maximum absolute atomic E-state index is 13.1. The average Bonchev–Trinajstić information content (AvgIpc) is 3.31. The zero-order chi connectivity index (χ0) is 19.7. The summed E-state index contributed by atoms with van der Waals surface area (Å²) in [6.07, 6.45) is -0.221. The maximum atomic E-state index is 13.1. The van der Waals surface area contributed by atoms with Crippen LogP contribution < -0.4 is 16.0 Å². The van der Waals surface area contributed by atoms with Gasteiger partial charge in [-0.05, 0) is 42.6 Å². The van der Waals surface area contributed by atoms with E-state index in [9.17, 15) is 14.0 Å². The van der Waals surface area contributed by atoms with Crippen LogP contribution in [-0.2, 0) is 4.79 Å². The van der Waals surface area contributed by atoms with Crippen molar-refractivity contribution in [3.8, 4) is 10.6 Å². The fraction of sp³-hybridized carbons (Fsp3) is 0.211. The molecule has 3 N–H and O–H groups in total. The Kier molecular flexibility index (Phi) is 4.93. The van der Waals surface area contributed by atoms with Gasteiger partial charge in [0.15, 0.2) is 6.29 Å². The maximum Gasteiger partial charge on any atom is 0.256 e. The molecule has 0 bridgehead atoms. The monoisotopic (exact) mass is 399 g/mol. The Balaban J connectivity index is 1.67. The zero-order valence-electron chi connectivity index (χ0n) is 15.0. The fourth-order valence-electron chi connectivity index (χ4n) is 3.01. The summed E-state index contributed by atoms with van der Waals surface area (Å²) < 4.78 is 14.7. The number of nitrogens with zero attached hydrogens (tertiary/aromatic N) is 2. The van der Waals surface area contributed by atoms with E-state index in [0.717, 1.165) is 4.88 Å².